The molecule has 0 saturated carbocycles. The van der Waals surface area contributed by atoms with Crippen molar-refractivity contribution in [3.05, 3.63) is 0 Å². The van der Waals surface area contributed by atoms with Gasteiger partial charge in [-0.05, 0) is 18.8 Å². The van der Waals surface area contributed by atoms with Gasteiger partial charge in [-0.2, -0.15) is 0 Å². The Morgan fingerprint density at radius 2 is 1.24 bits per heavy atom. The van der Waals surface area contributed by atoms with Crippen molar-refractivity contribution in [2.45, 2.75) is 96.8 Å². The molecule has 0 aliphatic heterocycles. The molecule has 1 atom stereocenters. The zero-order chi connectivity index (χ0) is 15.8. The molecule has 0 aliphatic carbocycles. The number of aliphatic carboxylic acids is 1. The van der Waals surface area contributed by atoms with E-state index < -0.39 is 5.97 Å². The average molecular weight is 301 g/mol. The van der Waals surface area contributed by atoms with Gasteiger partial charge < -0.3 is 5.11 Å². The molecular weight excluding hydrogens is 266 g/mol. The van der Waals surface area contributed by atoms with Crippen LogP contribution in [0.4, 0.5) is 4.39 Å². The molecule has 1 N–H and O–H groups in total. The molecule has 0 aromatic rings. The number of halogens is 1. The first-order valence-corrected chi connectivity index (χ1v) is 8.94. The Bertz CT molecular complexity index is 231. The molecule has 21 heavy (non-hydrogen) atoms. The van der Waals surface area contributed by atoms with E-state index in [1.54, 1.807) is 0 Å². The third-order valence-electron chi connectivity index (χ3n) is 4.17. The van der Waals surface area contributed by atoms with Crippen LogP contribution in [0.3, 0.4) is 0 Å². The summed E-state index contributed by atoms with van der Waals surface area (Å²) in [4.78, 5) is 10.4. The van der Waals surface area contributed by atoms with Gasteiger partial charge in [0.25, 0.3) is 0 Å². The van der Waals surface area contributed by atoms with Gasteiger partial charge in [-0.3, -0.25) is 9.18 Å². The molecule has 0 spiro atoms. The molecule has 0 rings (SSSR count). The van der Waals surface area contributed by atoms with Crippen LogP contribution in [0.5, 0.6) is 0 Å². The van der Waals surface area contributed by atoms with Crippen LogP contribution in [0.15, 0.2) is 0 Å². The lowest BCUT2D eigenvalue weighted by atomic mass is 9.96. The van der Waals surface area contributed by atoms with Crippen LogP contribution < -0.4 is 0 Å². The van der Waals surface area contributed by atoms with Gasteiger partial charge in [0.2, 0.25) is 0 Å². The van der Waals surface area contributed by atoms with Crippen molar-refractivity contribution in [2.24, 2.45) is 5.92 Å². The topological polar surface area (TPSA) is 37.3 Å². The van der Waals surface area contributed by atoms with Crippen molar-refractivity contribution in [1.82, 2.24) is 0 Å². The zero-order valence-electron chi connectivity index (χ0n) is 13.9. The van der Waals surface area contributed by atoms with Gasteiger partial charge in [0.05, 0.1) is 6.67 Å². The van der Waals surface area contributed by atoms with Crippen LogP contribution in [0.25, 0.3) is 0 Å². The SMILES string of the molecule is CC(CCCCCCCCCCCC[18F])CCCC(=O)O. The van der Waals surface area contributed by atoms with Crippen LogP contribution >= 0.6 is 0 Å². The molecular formula is C18H35FO2. The Hall–Kier alpha value is -0.600. The first-order valence-electron chi connectivity index (χ1n) is 8.94. The van der Waals surface area contributed by atoms with Crippen LogP contribution in [0.2, 0.25) is 0 Å². The van der Waals surface area contributed by atoms with E-state index in [0.29, 0.717) is 12.3 Å². The molecule has 0 aliphatic rings. The smallest absolute Gasteiger partial charge is 0.303 e. The Kier molecular flexibility index (Phi) is 15.3. The van der Waals surface area contributed by atoms with E-state index in [0.717, 1.165) is 25.7 Å². The van der Waals surface area contributed by atoms with E-state index in [4.69, 9.17) is 5.11 Å². The van der Waals surface area contributed by atoms with Gasteiger partial charge >= 0.3 is 5.97 Å². The van der Waals surface area contributed by atoms with Crippen molar-refractivity contribution in [3.63, 3.8) is 0 Å². The third-order valence-corrected chi connectivity index (χ3v) is 4.17. The van der Waals surface area contributed by atoms with Crippen molar-refractivity contribution in [3.8, 4) is 0 Å². The summed E-state index contributed by atoms with van der Waals surface area (Å²) in [5, 5.41) is 8.59. The zero-order valence-corrected chi connectivity index (χ0v) is 13.9. The molecule has 3 heteroatoms. The standard InChI is InChI=1S/C18H35FO2/c1-17(14-12-15-18(20)21)13-10-8-6-4-2-3-5-7-9-11-16-19/h17H,2-16H2,1H3,(H,20,21)/i19-1. The number of hydrogen-bond acceptors (Lipinski definition) is 1. The molecule has 0 fully saturated rings. The van der Waals surface area contributed by atoms with Crippen LogP contribution in [-0.2, 0) is 4.79 Å². The maximum absolute atomic E-state index is 11.9. The maximum Gasteiger partial charge on any atom is 0.303 e. The van der Waals surface area contributed by atoms with Gasteiger partial charge in [-0.15, -0.1) is 0 Å². The van der Waals surface area contributed by atoms with Crippen molar-refractivity contribution < 1.29 is 14.3 Å². The van der Waals surface area contributed by atoms with Gasteiger partial charge in [0, 0.05) is 6.42 Å². The minimum atomic E-state index is -0.674. The summed E-state index contributed by atoms with van der Waals surface area (Å²) in [5.41, 5.74) is 0. The van der Waals surface area contributed by atoms with Crippen LogP contribution in [0, 0.1) is 5.92 Å². The van der Waals surface area contributed by atoms with E-state index in [2.05, 4.69) is 6.92 Å². The van der Waals surface area contributed by atoms with E-state index in [9.17, 15) is 9.18 Å². The molecule has 0 radical (unpaired) electrons. The monoisotopic (exact) mass is 301 g/mol. The largest absolute Gasteiger partial charge is 0.481 e. The number of alkyl halides is 1. The van der Waals surface area contributed by atoms with Gasteiger partial charge in [0.1, 0.15) is 0 Å². The third kappa shape index (κ3) is 17.3. The Balaban J connectivity index is 3.12. The van der Waals surface area contributed by atoms with E-state index >= 15 is 0 Å². The van der Waals surface area contributed by atoms with Gasteiger partial charge in [-0.25, -0.2) is 0 Å². The normalized spacial score (nSPS) is 12.5. The van der Waals surface area contributed by atoms with Gasteiger partial charge in [0.15, 0.2) is 0 Å². The average Bonchev–Trinajstić information content (AvgIpc) is 2.44. The predicted octanol–water partition coefficient (Wildman–Crippen LogP) is 6.14. The lowest BCUT2D eigenvalue weighted by Gasteiger charge is -2.10. The van der Waals surface area contributed by atoms with Crippen LogP contribution in [0.1, 0.15) is 96.8 Å². The van der Waals surface area contributed by atoms with Crippen LogP contribution in [-0.4, -0.2) is 17.8 Å². The number of carbonyl (C=O) groups is 1. The highest BCUT2D eigenvalue weighted by molar-refractivity contribution is 5.66. The number of carboxylic acids is 1. The molecule has 2 nitrogen and oxygen atoms in total. The minimum absolute atomic E-state index is 0.158. The first kappa shape index (κ1) is 20.4. The van der Waals surface area contributed by atoms with E-state index in [-0.39, 0.29) is 6.67 Å². The number of hydrogen-bond donors (Lipinski definition) is 1. The molecule has 0 bridgehead atoms. The fraction of sp³-hybridized carbons (Fsp3) is 0.944. The summed E-state index contributed by atoms with van der Waals surface area (Å²) in [6.45, 7) is 2.08. The number of unbranched alkanes of at least 4 members (excludes halogenated alkanes) is 9. The van der Waals surface area contributed by atoms with Gasteiger partial charge in [-0.1, -0.05) is 77.6 Å². The second-order valence-corrected chi connectivity index (χ2v) is 6.40. The summed E-state index contributed by atoms with van der Waals surface area (Å²) in [5.74, 6) is -0.00764. The summed E-state index contributed by atoms with van der Waals surface area (Å²) in [6, 6.07) is 0. The van der Waals surface area contributed by atoms with E-state index in [1.807, 2.05) is 0 Å². The quantitative estimate of drug-likeness (QED) is 0.348. The highest BCUT2D eigenvalue weighted by Crippen LogP contribution is 2.17. The minimum Gasteiger partial charge on any atom is -0.481 e. The summed E-state index contributed by atoms with van der Waals surface area (Å²) in [7, 11) is 0. The molecule has 0 saturated heterocycles. The Labute approximate surface area is 130 Å². The second kappa shape index (κ2) is 15.8. The molecule has 0 aromatic carbocycles. The Morgan fingerprint density at radius 1 is 0.810 bits per heavy atom. The van der Waals surface area contributed by atoms with Crippen molar-refractivity contribution >= 4 is 5.97 Å². The number of rotatable bonds is 16. The maximum atomic E-state index is 11.9. The summed E-state index contributed by atoms with van der Waals surface area (Å²) in [6.07, 6.45) is 15.5. The van der Waals surface area contributed by atoms with Crippen molar-refractivity contribution in [2.75, 3.05) is 6.67 Å². The fourth-order valence-electron chi connectivity index (χ4n) is 2.75. The highest BCUT2D eigenvalue weighted by Gasteiger charge is 2.04. The summed E-state index contributed by atoms with van der Waals surface area (Å²) >= 11 is 0. The first-order chi connectivity index (χ1) is 10.2. The molecule has 1 unspecified atom stereocenters. The molecule has 0 heterocycles. The molecule has 126 valence electrons. The second-order valence-electron chi connectivity index (χ2n) is 6.40. The number of carboxylic acid groups (broad SMARTS) is 1. The highest BCUT2D eigenvalue weighted by atomic mass is 18.2. The van der Waals surface area contributed by atoms with E-state index in [1.165, 1.54) is 57.8 Å². The lowest BCUT2D eigenvalue weighted by Crippen LogP contribution is -1.99. The molecule has 0 aromatic heterocycles. The predicted molar refractivity (Wildman–Crippen MR) is 87.4 cm³/mol. The summed E-state index contributed by atoms with van der Waals surface area (Å²) < 4.78 is 11.9. The lowest BCUT2D eigenvalue weighted by molar-refractivity contribution is -0.137. The van der Waals surface area contributed by atoms with Crippen molar-refractivity contribution in [1.29, 1.82) is 0 Å². The fourth-order valence-corrected chi connectivity index (χ4v) is 2.75. The Morgan fingerprint density at radius 3 is 1.71 bits per heavy atom. The molecule has 0 amide bonds.